The first-order valence-corrected chi connectivity index (χ1v) is 2.90. The number of hydrogen-bond donors (Lipinski definition) is 3. The smallest absolute Gasteiger partial charge is 0.197 e. The van der Waals surface area contributed by atoms with Crippen molar-refractivity contribution in [2.45, 2.75) is 12.2 Å². The van der Waals surface area contributed by atoms with E-state index in [1.807, 2.05) is 0 Å². The van der Waals surface area contributed by atoms with Crippen LogP contribution in [0.1, 0.15) is 0 Å². The second-order valence-corrected chi connectivity index (χ2v) is 1.91. The zero-order chi connectivity index (χ0) is 8.85. The van der Waals surface area contributed by atoms with E-state index < -0.39 is 31.3 Å². The van der Waals surface area contributed by atoms with Crippen molar-refractivity contribution in [3.05, 3.63) is 0 Å². The molecule has 0 aromatic heterocycles. The number of halogens is 1. The molecule has 66 valence electrons. The number of aliphatic hydroxyl groups excluding tert-OH is 2. The molecule has 0 fully saturated rings. The van der Waals surface area contributed by atoms with Gasteiger partial charge in [-0.1, -0.05) is 0 Å². The van der Waals surface area contributed by atoms with Crippen LogP contribution < -0.4 is 5.90 Å². The molecule has 0 rings (SSSR count). The molecule has 6 heteroatoms. The highest BCUT2D eigenvalue weighted by atomic mass is 19.1. The van der Waals surface area contributed by atoms with E-state index in [1.165, 1.54) is 0 Å². The highest BCUT2D eigenvalue weighted by molar-refractivity contribution is 5.84. The molecular weight excluding hydrogens is 157 g/mol. The molecule has 2 unspecified atom stereocenters. The molecule has 0 saturated carbocycles. The molecule has 11 heavy (non-hydrogen) atoms. The second kappa shape index (κ2) is 5.14. The summed E-state index contributed by atoms with van der Waals surface area (Å²) in [7, 11) is 0. The van der Waals surface area contributed by atoms with E-state index in [2.05, 4.69) is 10.7 Å². The third kappa shape index (κ3) is 2.89. The number of ketones is 1. The molecule has 0 aliphatic heterocycles. The number of aliphatic hydroxyl groups is 2. The van der Waals surface area contributed by atoms with Crippen LogP contribution in [0.2, 0.25) is 0 Å². The van der Waals surface area contributed by atoms with E-state index in [1.54, 1.807) is 0 Å². The zero-order valence-electron chi connectivity index (χ0n) is 5.74. The van der Waals surface area contributed by atoms with Crippen molar-refractivity contribution in [3.8, 4) is 0 Å². The van der Waals surface area contributed by atoms with Gasteiger partial charge in [-0.05, 0) is 0 Å². The number of carbonyl (C=O) groups excluding carboxylic acids is 1. The molecular formula is C5H10FNO4. The molecule has 0 heterocycles. The first-order valence-electron chi connectivity index (χ1n) is 2.90. The van der Waals surface area contributed by atoms with Crippen LogP contribution in [-0.4, -0.2) is 41.5 Å². The Balaban J connectivity index is 4.03. The lowest BCUT2D eigenvalue weighted by atomic mass is 10.1. The number of hydrogen-bond acceptors (Lipinski definition) is 5. The summed E-state index contributed by atoms with van der Waals surface area (Å²) in [5.41, 5.74) is 0. The Kier molecular flexibility index (Phi) is 4.88. The molecule has 0 bridgehead atoms. The van der Waals surface area contributed by atoms with Gasteiger partial charge in [0, 0.05) is 0 Å². The predicted molar refractivity (Wildman–Crippen MR) is 33.1 cm³/mol. The molecule has 0 aromatic rings. The minimum Gasteiger partial charge on any atom is -0.394 e. The fourth-order valence-corrected chi connectivity index (χ4v) is 0.553. The Morgan fingerprint density at radius 3 is 2.55 bits per heavy atom. The minimum atomic E-state index is -1.48. The summed E-state index contributed by atoms with van der Waals surface area (Å²) >= 11 is 0. The average Bonchev–Trinajstić information content (AvgIpc) is 2.05. The number of carbonyl (C=O) groups is 1. The Hall–Kier alpha value is -0.560. The van der Waals surface area contributed by atoms with Crippen LogP contribution in [0.25, 0.3) is 0 Å². The van der Waals surface area contributed by atoms with Gasteiger partial charge < -0.3 is 10.2 Å². The van der Waals surface area contributed by atoms with E-state index in [0.717, 1.165) is 0 Å². The maximum absolute atomic E-state index is 11.6. The maximum atomic E-state index is 11.6. The Labute approximate surface area is 62.5 Å². The molecule has 5 nitrogen and oxygen atoms in total. The first-order chi connectivity index (χ1) is 5.17. The van der Waals surface area contributed by atoms with Crippen LogP contribution in [-0.2, 0) is 9.63 Å². The van der Waals surface area contributed by atoms with Crippen molar-refractivity contribution in [2.24, 2.45) is 5.90 Å². The van der Waals surface area contributed by atoms with Gasteiger partial charge in [0.25, 0.3) is 0 Å². The summed E-state index contributed by atoms with van der Waals surface area (Å²) in [6.07, 6.45) is -2.95. The van der Waals surface area contributed by atoms with Crippen molar-refractivity contribution in [2.75, 3.05) is 13.3 Å². The van der Waals surface area contributed by atoms with Crippen LogP contribution in [0.4, 0.5) is 4.39 Å². The van der Waals surface area contributed by atoms with Crippen LogP contribution in [0, 0.1) is 0 Å². The third-order valence-electron chi connectivity index (χ3n) is 1.13. The summed E-state index contributed by atoms with van der Waals surface area (Å²) in [5, 5.41) is 17.1. The fourth-order valence-electron chi connectivity index (χ4n) is 0.553. The average molecular weight is 167 g/mol. The summed E-state index contributed by atoms with van der Waals surface area (Å²) in [5.74, 6) is 3.58. The van der Waals surface area contributed by atoms with Crippen molar-refractivity contribution < 1.29 is 24.2 Å². The zero-order valence-corrected chi connectivity index (χ0v) is 5.74. The lowest BCUT2D eigenvalue weighted by Gasteiger charge is -2.15. The molecule has 0 aliphatic carbocycles. The van der Waals surface area contributed by atoms with Crippen LogP contribution in [0.5, 0.6) is 0 Å². The largest absolute Gasteiger partial charge is 0.394 e. The standard InChI is InChI=1S/C5H10FNO4/c6-1-3(9)5(11-7)4(10)2-8/h4-5,8,10H,1-2,7H2. The van der Waals surface area contributed by atoms with Crippen LogP contribution in [0.15, 0.2) is 0 Å². The SMILES string of the molecule is NOC(C(=O)CF)C(O)CO. The fraction of sp³-hybridized carbons (Fsp3) is 0.800. The van der Waals surface area contributed by atoms with Gasteiger partial charge in [0.15, 0.2) is 18.6 Å². The monoisotopic (exact) mass is 167 g/mol. The lowest BCUT2D eigenvalue weighted by Crippen LogP contribution is -2.41. The highest BCUT2D eigenvalue weighted by Crippen LogP contribution is 1.98. The van der Waals surface area contributed by atoms with Crippen molar-refractivity contribution in [1.82, 2.24) is 0 Å². The third-order valence-corrected chi connectivity index (χ3v) is 1.13. The van der Waals surface area contributed by atoms with Gasteiger partial charge in [-0.25, -0.2) is 10.3 Å². The summed E-state index contributed by atoms with van der Waals surface area (Å²) < 4.78 is 11.6. The van der Waals surface area contributed by atoms with Gasteiger partial charge in [-0.15, -0.1) is 0 Å². The Bertz CT molecular complexity index is 132. The van der Waals surface area contributed by atoms with Gasteiger partial charge in [-0.3, -0.25) is 9.63 Å². The van der Waals surface area contributed by atoms with Gasteiger partial charge >= 0.3 is 0 Å². The topological polar surface area (TPSA) is 92.8 Å². The molecule has 0 radical (unpaired) electrons. The summed E-state index contributed by atoms with van der Waals surface area (Å²) in [6, 6.07) is 0. The summed E-state index contributed by atoms with van der Waals surface area (Å²) in [4.78, 5) is 14.4. The molecule has 2 atom stereocenters. The Morgan fingerprint density at radius 1 is 1.73 bits per heavy atom. The molecule has 4 N–H and O–H groups in total. The van der Waals surface area contributed by atoms with Gasteiger partial charge in [0.2, 0.25) is 0 Å². The van der Waals surface area contributed by atoms with Gasteiger partial charge in [-0.2, -0.15) is 0 Å². The van der Waals surface area contributed by atoms with Gasteiger partial charge in [0.05, 0.1) is 6.61 Å². The van der Waals surface area contributed by atoms with E-state index in [0.29, 0.717) is 0 Å². The summed E-state index contributed by atoms with van der Waals surface area (Å²) in [6.45, 7) is -1.98. The van der Waals surface area contributed by atoms with Crippen molar-refractivity contribution >= 4 is 5.78 Å². The highest BCUT2D eigenvalue weighted by Gasteiger charge is 2.26. The van der Waals surface area contributed by atoms with E-state index >= 15 is 0 Å². The molecule has 0 aromatic carbocycles. The first kappa shape index (κ1) is 10.4. The van der Waals surface area contributed by atoms with Crippen LogP contribution >= 0.6 is 0 Å². The maximum Gasteiger partial charge on any atom is 0.197 e. The molecule has 0 aliphatic rings. The minimum absolute atomic E-state index is 0.701. The van der Waals surface area contributed by atoms with Crippen molar-refractivity contribution in [1.29, 1.82) is 0 Å². The quantitative estimate of drug-likeness (QED) is 0.417. The Morgan fingerprint density at radius 2 is 2.27 bits per heavy atom. The molecule has 0 spiro atoms. The number of nitrogens with two attached hydrogens (primary N) is 1. The predicted octanol–water partition coefficient (Wildman–Crippen LogP) is -1.86. The molecule has 0 amide bonds. The van der Waals surface area contributed by atoms with Crippen molar-refractivity contribution in [3.63, 3.8) is 0 Å². The van der Waals surface area contributed by atoms with E-state index in [4.69, 9.17) is 10.2 Å². The van der Waals surface area contributed by atoms with Gasteiger partial charge in [0.1, 0.15) is 6.10 Å². The van der Waals surface area contributed by atoms with Crippen LogP contribution in [0.3, 0.4) is 0 Å². The van der Waals surface area contributed by atoms with E-state index in [-0.39, 0.29) is 0 Å². The number of rotatable bonds is 5. The lowest BCUT2D eigenvalue weighted by molar-refractivity contribution is -0.142. The number of Topliss-reactive ketones (excluding diaryl/α,β-unsaturated/α-hetero) is 1. The van der Waals surface area contributed by atoms with E-state index in [9.17, 15) is 9.18 Å². The molecule has 0 saturated heterocycles. The number of alkyl halides is 1. The second-order valence-electron chi connectivity index (χ2n) is 1.91. The normalized spacial score (nSPS) is 16.0.